The second-order valence-corrected chi connectivity index (χ2v) is 9.45. The van der Waals surface area contributed by atoms with Gasteiger partial charge in [-0.2, -0.15) is 0 Å². The van der Waals surface area contributed by atoms with Gasteiger partial charge in [0.2, 0.25) is 10.0 Å². The van der Waals surface area contributed by atoms with Crippen LogP contribution in [0.5, 0.6) is 0 Å². The first-order valence-electron chi connectivity index (χ1n) is 8.17. The van der Waals surface area contributed by atoms with Gasteiger partial charge in [0.05, 0.1) is 4.90 Å². The standard InChI is InChI=1S/C19H26N2O2S2/c1-19(2,3)21-25(22,23)18-8-6-5-7-16(18)14-20-13-15-9-11-17(24-4)12-10-15/h5-12,20-21H,13-14H2,1-4H3. The Hall–Kier alpha value is -1.34. The van der Waals surface area contributed by atoms with E-state index in [-0.39, 0.29) is 0 Å². The van der Waals surface area contributed by atoms with E-state index in [1.54, 1.807) is 23.9 Å². The quantitative estimate of drug-likeness (QED) is 0.720. The van der Waals surface area contributed by atoms with Crippen molar-refractivity contribution in [2.45, 2.75) is 49.2 Å². The molecule has 2 aromatic rings. The molecule has 25 heavy (non-hydrogen) atoms. The van der Waals surface area contributed by atoms with Crippen LogP contribution in [0.1, 0.15) is 31.9 Å². The molecule has 0 aliphatic carbocycles. The summed E-state index contributed by atoms with van der Waals surface area (Å²) >= 11 is 1.71. The molecule has 0 saturated carbocycles. The molecule has 0 aliphatic rings. The van der Waals surface area contributed by atoms with Gasteiger partial charge in [-0.3, -0.25) is 0 Å². The van der Waals surface area contributed by atoms with Crippen LogP contribution in [0.3, 0.4) is 0 Å². The van der Waals surface area contributed by atoms with Gasteiger partial charge >= 0.3 is 0 Å². The lowest BCUT2D eigenvalue weighted by molar-refractivity contribution is 0.490. The molecule has 0 spiro atoms. The van der Waals surface area contributed by atoms with Crippen LogP contribution in [0.2, 0.25) is 0 Å². The van der Waals surface area contributed by atoms with Gasteiger partial charge in [0.1, 0.15) is 0 Å². The second-order valence-electron chi connectivity index (χ2n) is 6.91. The molecular formula is C19H26N2O2S2. The molecule has 2 aromatic carbocycles. The summed E-state index contributed by atoms with van der Waals surface area (Å²) in [5, 5.41) is 3.33. The summed E-state index contributed by atoms with van der Waals surface area (Å²) in [6.45, 7) is 6.69. The van der Waals surface area contributed by atoms with Gasteiger partial charge < -0.3 is 5.32 Å². The van der Waals surface area contributed by atoms with Crippen LogP contribution in [0.25, 0.3) is 0 Å². The van der Waals surface area contributed by atoms with E-state index in [4.69, 9.17) is 0 Å². The highest BCUT2D eigenvalue weighted by atomic mass is 32.2. The number of nitrogens with one attached hydrogen (secondary N) is 2. The van der Waals surface area contributed by atoms with Gasteiger partial charge in [-0.15, -0.1) is 11.8 Å². The summed E-state index contributed by atoms with van der Waals surface area (Å²) < 4.78 is 28.0. The molecule has 0 amide bonds. The minimum atomic E-state index is -3.55. The summed E-state index contributed by atoms with van der Waals surface area (Å²) in [6.07, 6.45) is 2.05. The lowest BCUT2D eigenvalue weighted by Gasteiger charge is -2.21. The summed E-state index contributed by atoms with van der Waals surface area (Å²) in [5.41, 5.74) is 1.42. The van der Waals surface area contributed by atoms with Gasteiger partial charge in [-0.25, -0.2) is 13.1 Å². The molecule has 0 aromatic heterocycles. The van der Waals surface area contributed by atoms with Gasteiger partial charge in [-0.1, -0.05) is 30.3 Å². The molecule has 0 aliphatic heterocycles. The molecule has 0 bridgehead atoms. The predicted octanol–water partition coefficient (Wildman–Crippen LogP) is 3.78. The Bertz CT molecular complexity index is 795. The normalized spacial score (nSPS) is 12.3. The maximum atomic E-state index is 12.6. The van der Waals surface area contributed by atoms with Gasteiger partial charge in [-0.05, 0) is 56.4 Å². The lowest BCUT2D eigenvalue weighted by Crippen LogP contribution is -2.40. The van der Waals surface area contributed by atoms with Crippen molar-refractivity contribution in [3.8, 4) is 0 Å². The Labute approximate surface area is 155 Å². The third kappa shape index (κ3) is 6.15. The molecule has 6 heteroatoms. The third-order valence-electron chi connectivity index (χ3n) is 3.51. The minimum absolute atomic E-state index is 0.329. The molecule has 0 saturated heterocycles. The van der Waals surface area contributed by atoms with Crippen LogP contribution in [0, 0.1) is 0 Å². The van der Waals surface area contributed by atoms with Crippen molar-refractivity contribution in [3.63, 3.8) is 0 Å². The minimum Gasteiger partial charge on any atom is -0.309 e. The van der Waals surface area contributed by atoms with Gasteiger partial charge in [0, 0.05) is 23.5 Å². The van der Waals surface area contributed by atoms with Crippen LogP contribution in [0.15, 0.2) is 58.3 Å². The van der Waals surface area contributed by atoms with Crippen LogP contribution < -0.4 is 10.0 Å². The van der Waals surface area contributed by atoms with Crippen molar-refractivity contribution in [2.24, 2.45) is 0 Å². The van der Waals surface area contributed by atoms with E-state index < -0.39 is 15.6 Å². The highest BCUT2D eigenvalue weighted by molar-refractivity contribution is 7.98. The average Bonchev–Trinajstić information content (AvgIpc) is 2.54. The Kier molecular flexibility index (Phi) is 6.68. The SMILES string of the molecule is CSc1ccc(CNCc2ccccc2S(=O)(=O)NC(C)(C)C)cc1. The Morgan fingerprint density at radius 1 is 0.960 bits per heavy atom. The zero-order chi connectivity index (χ0) is 18.5. The van der Waals surface area contributed by atoms with E-state index >= 15 is 0 Å². The van der Waals surface area contributed by atoms with Gasteiger partial charge in [0.15, 0.2) is 0 Å². The van der Waals surface area contributed by atoms with E-state index in [1.165, 1.54) is 10.5 Å². The van der Waals surface area contributed by atoms with E-state index in [2.05, 4.69) is 40.6 Å². The van der Waals surface area contributed by atoms with Crippen LogP contribution in [0.4, 0.5) is 0 Å². The average molecular weight is 379 g/mol. The smallest absolute Gasteiger partial charge is 0.241 e. The van der Waals surface area contributed by atoms with Crippen molar-refractivity contribution in [3.05, 3.63) is 59.7 Å². The largest absolute Gasteiger partial charge is 0.309 e. The number of hydrogen-bond acceptors (Lipinski definition) is 4. The fraction of sp³-hybridized carbons (Fsp3) is 0.368. The molecule has 0 unspecified atom stereocenters. The summed E-state index contributed by atoms with van der Waals surface area (Å²) in [4.78, 5) is 1.56. The first-order chi connectivity index (χ1) is 11.7. The van der Waals surface area contributed by atoms with Crippen molar-refractivity contribution < 1.29 is 8.42 Å². The molecule has 2 rings (SSSR count). The number of rotatable bonds is 7. The zero-order valence-electron chi connectivity index (χ0n) is 15.2. The zero-order valence-corrected chi connectivity index (χ0v) is 16.8. The first-order valence-corrected chi connectivity index (χ1v) is 10.9. The number of hydrogen-bond donors (Lipinski definition) is 2. The van der Waals surface area contributed by atoms with Crippen molar-refractivity contribution >= 4 is 21.8 Å². The summed E-state index contributed by atoms with van der Waals surface area (Å²) in [5.74, 6) is 0. The van der Waals surface area contributed by atoms with Crippen molar-refractivity contribution in [1.82, 2.24) is 10.0 Å². The van der Waals surface area contributed by atoms with E-state index in [1.807, 2.05) is 32.9 Å². The van der Waals surface area contributed by atoms with Gasteiger partial charge in [0.25, 0.3) is 0 Å². The summed E-state index contributed by atoms with van der Waals surface area (Å²) in [6, 6.07) is 15.5. The maximum Gasteiger partial charge on any atom is 0.241 e. The molecule has 0 radical (unpaired) electrons. The summed E-state index contributed by atoms with van der Waals surface area (Å²) in [7, 11) is -3.55. The van der Waals surface area contributed by atoms with E-state index in [0.717, 1.165) is 5.56 Å². The third-order valence-corrected chi connectivity index (χ3v) is 6.11. The molecular weight excluding hydrogens is 352 g/mol. The first kappa shape index (κ1) is 20.0. The second kappa shape index (κ2) is 8.36. The lowest BCUT2D eigenvalue weighted by atomic mass is 10.1. The Balaban J connectivity index is 2.07. The predicted molar refractivity (Wildman–Crippen MR) is 105 cm³/mol. The molecule has 136 valence electrons. The van der Waals surface area contributed by atoms with Crippen LogP contribution in [-0.2, 0) is 23.1 Å². The molecule has 4 nitrogen and oxygen atoms in total. The highest BCUT2D eigenvalue weighted by Gasteiger charge is 2.23. The number of benzene rings is 2. The Morgan fingerprint density at radius 2 is 1.60 bits per heavy atom. The van der Waals surface area contributed by atoms with Crippen LogP contribution >= 0.6 is 11.8 Å². The van der Waals surface area contributed by atoms with Crippen molar-refractivity contribution in [1.29, 1.82) is 0 Å². The van der Waals surface area contributed by atoms with E-state index in [9.17, 15) is 8.42 Å². The van der Waals surface area contributed by atoms with E-state index in [0.29, 0.717) is 18.0 Å². The fourth-order valence-corrected chi connectivity index (χ4v) is 4.52. The maximum absolute atomic E-state index is 12.6. The van der Waals surface area contributed by atoms with Crippen LogP contribution in [-0.4, -0.2) is 20.2 Å². The fourth-order valence-electron chi connectivity index (χ4n) is 2.46. The number of thioether (sulfide) groups is 1. The number of sulfonamides is 1. The molecule has 2 N–H and O–H groups in total. The monoisotopic (exact) mass is 378 g/mol. The molecule has 0 atom stereocenters. The molecule has 0 heterocycles. The molecule has 0 fully saturated rings. The van der Waals surface area contributed by atoms with Crippen molar-refractivity contribution in [2.75, 3.05) is 6.26 Å². The highest BCUT2D eigenvalue weighted by Crippen LogP contribution is 2.18. The topological polar surface area (TPSA) is 58.2 Å². The Morgan fingerprint density at radius 3 is 2.20 bits per heavy atom.